The second-order valence-electron chi connectivity index (χ2n) is 8.14. The second kappa shape index (κ2) is 8.36. The number of ether oxygens (including phenoxy) is 1. The lowest BCUT2D eigenvalue weighted by atomic mass is 9.86. The molecule has 2 aliphatic heterocycles. The molecule has 0 radical (unpaired) electrons. The summed E-state index contributed by atoms with van der Waals surface area (Å²) in [6.07, 6.45) is 8.07. The molecule has 4 heteroatoms. The van der Waals surface area contributed by atoms with Gasteiger partial charge in [-0.25, -0.2) is 0 Å². The number of benzene rings is 1. The van der Waals surface area contributed by atoms with Gasteiger partial charge in [0.15, 0.2) is 0 Å². The molecule has 1 aromatic carbocycles. The minimum Gasteiger partial charge on any atom is -0.469 e. The first-order valence-corrected chi connectivity index (χ1v) is 10.3. The Kier molecular flexibility index (Phi) is 5.67. The standard InChI is InChI=1S/C24H29NO3/c1-19-9-15-28-24(18-19)10-12-25(13-11-24)23(26)17-21(22-8-5-14-27-22)16-20-6-3-2-4-7-20/h2-8,14,18,21H,9-13,15-17H2,1H3. The molecule has 0 bridgehead atoms. The Bertz CT molecular complexity index is 802. The Labute approximate surface area is 167 Å². The minimum atomic E-state index is -0.149. The first-order valence-electron chi connectivity index (χ1n) is 10.3. The molecule has 1 saturated heterocycles. The fraction of sp³-hybridized carbons (Fsp3) is 0.458. The third kappa shape index (κ3) is 4.39. The Morgan fingerprint density at radius 2 is 1.93 bits per heavy atom. The predicted molar refractivity (Wildman–Crippen MR) is 109 cm³/mol. The van der Waals surface area contributed by atoms with Gasteiger partial charge in [0.1, 0.15) is 5.76 Å². The van der Waals surface area contributed by atoms with Crippen LogP contribution in [0, 0.1) is 0 Å². The van der Waals surface area contributed by atoms with Crippen LogP contribution in [0.5, 0.6) is 0 Å². The summed E-state index contributed by atoms with van der Waals surface area (Å²) in [7, 11) is 0. The van der Waals surface area contributed by atoms with E-state index in [1.165, 1.54) is 11.1 Å². The molecule has 1 spiro atoms. The number of carbonyl (C=O) groups excluding carboxylic acids is 1. The zero-order valence-corrected chi connectivity index (χ0v) is 16.6. The van der Waals surface area contributed by atoms with Gasteiger partial charge in [-0.05, 0) is 50.3 Å². The van der Waals surface area contributed by atoms with Crippen LogP contribution in [0.1, 0.15) is 49.8 Å². The van der Waals surface area contributed by atoms with E-state index in [0.717, 1.165) is 51.1 Å². The maximum Gasteiger partial charge on any atom is 0.223 e. The molecular weight excluding hydrogens is 350 g/mol. The van der Waals surface area contributed by atoms with Gasteiger partial charge in [-0.1, -0.05) is 42.0 Å². The van der Waals surface area contributed by atoms with Crippen molar-refractivity contribution in [3.05, 3.63) is 71.7 Å². The van der Waals surface area contributed by atoms with Crippen molar-refractivity contribution in [1.82, 2.24) is 4.90 Å². The van der Waals surface area contributed by atoms with Crippen LogP contribution >= 0.6 is 0 Å². The fourth-order valence-corrected chi connectivity index (χ4v) is 4.44. The highest BCUT2D eigenvalue weighted by molar-refractivity contribution is 5.77. The average molecular weight is 380 g/mol. The molecule has 28 heavy (non-hydrogen) atoms. The number of carbonyl (C=O) groups is 1. The van der Waals surface area contributed by atoms with Crippen LogP contribution in [-0.4, -0.2) is 36.1 Å². The van der Waals surface area contributed by atoms with Gasteiger partial charge in [-0.15, -0.1) is 0 Å². The molecule has 2 aliphatic rings. The van der Waals surface area contributed by atoms with E-state index in [-0.39, 0.29) is 17.4 Å². The smallest absolute Gasteiger partial charge is 0.223 e. The first-order chi connectivity index (χ1) is 13.6. The number of furan rings is 1. The van der Waals surface area contributed by atoms with Gasteiger partial charge in [0, 0.05) is 25.4 Å². The van der Waals surface area contributed by atoms with E-state index in [9.17, 15) is 4.79 Å². The summed E-state index contributed by atoms with van der Waals surface area (Å²) in [5.74, 6) is 1.16. The van der Waals surface area contributed by atoms with E-state index < -0.39 is 0 Å². The summed E-state index contributed by atoms with van der Waals surface area (Å²) in [5, 5.41) is 0. The van der Waals surface area contributed by atoms with Gasteiger partial charge in [0.25, 0.3) is 0 Å². The minimum absolute atomic E-state index is 0.0638. The molecule has 1 fully saturated rings. The summed E-state index contributed by atoms with van der Waals surface area (Å²) in [5.41, 5.74) is 2.49. The predicted octanol–water partition coefficient (Wildman–Crippen LogP) is 4.72. The Morgan fingerprint density at radius 1 is 1.14 bits per heavy atom. The largest absolute Gasteiger partial charge is 0.469 e. The molecule has 1 unspecified atom stereocenters. The molecule has 1 atom stereocenters. The monoisotopic (exact) mass is 379 g/mol. The van der Waals surface area contributed by atoms with Gasteiger partial charge < -0.3 is 14.1 Å². The van der Waals surface area contributed by atoms with Gasteiger partial charge >= 0.3 is 0 Å². The lowest BCUT2D eigenvalue weighted by Crippen LogP contribution is -2.48. The SMILES string of the molecule is CC1=CC2(CCN(C(=O)CC(Cc3ccccc3)c3ccco3)CC2)OCC1. The average Bonchev–Trinajstić information content (AvgIpc) is 3.23. The van der Waals surface area contributed by atoms with E-state index in [2.05, 4.69) is 25.1 Å². The van der Waals surface area contributed by atoms with Crippen molar-refractivity contribution in [2.45, 2.75) is 50.5 Å². The van der Waals surface area contributed by atoms with Crippen LogP contribution in [0.15, 0.2) is 64.8 Å². The third-order valence-electron chi connectivity index (χ3n) is 6.05. The van der Waals surface area contributed by atoms with E-state index in [1.807, 2.05) is 35.2 Å². The van der Waals surface area contributed by atoms with Gasteiger partial charge in [-0.2, -0.15) is 0 Å². The summed E-state index contributed by atoms with van der Waals surface area (Å²) < 4.78 is 11.8. The highest BCUT2D eigenvalue weighted by atomic mass is 16.5. The van der Waals surface area contributed by atoms with E-state index in [4.69, 9.17) is 9.15 Å². The quantitative estimate of drug-likeness (QED) is 0.706. The van der Waals surface area contributed by atoms with Gasteiger partial charge in [0.05, 0.1) is 18.5 Å². The highest BCUT2D eigenvalue weighted by Crippen LogP contribution is 2.34. The summed E-state index contributed by atoms with van der Waals surface area (Å²) >= 11 is 0. The van der Waals surface area contributed by atoms with Crippen molar-refractivity contribution in [3.63, 3.8) is 0 Å². The van der Waals surface area contributed by atoms with Crippen molar-refractivity contribution in [1.29, 1.82) is 0 Å². The normalized spacial score (nSPS) is 20.0. The van der Waals surface area contributed by atoms with Crippen LogP contribution in [-0.2, 0) is 16.0 Å². The van der Waals surface area contributed by atoms with Crippen molar-refractivity contribution >= 4 is 5.91 Å². The molecule has 0 N–H and O–H groups in total. The molecule has 4 rings (SSSR count). The highest BCUT2D eigenvalue weighted by Gasteiger charge is 2.37. The number of rotatable bonds is 5. The van der Waals surface area contributed by atoms with E-state index >= 15 is 0 Å². The molecule has 0 aliphatic carbocycles. The van der Waals surface area contributed by atoms with Gasteiger partial charge in [0.2, 0.25) is 5.91 Å². The van der Waals surface area contributed by atoms with Crippen LogP contribution in [0.25, 0.3) is 0 Å². The maximum absolute atomic E-state index is 13.1. The number of hydrogen-bond acceptors (Lipinski definition) is 3. The van der Waals surface area contributed by atoms with Gasteiger partial charge in [-0.3, -0.25) is 4.79 Å². The summed E-state index contributed by atoms with van der Waals surface area (Å²) in [6, 6.07) is 14.2. The number of nitrogens with zero attached hydrogens (tertiary/aromatic N) is 1. The van der Waals surface area contributed by atoms with Crippen LogP contribution < -0.4 is 0 Å². The number of likely N-dealkylation sites (tertiary alicyclic amines) is 1. The lowest BCUT2D eigenvalue weighted by molar-refractivity contribution is -0.136. The van der Waals surface area contributed by atoms with Crippen LogP contribution in [0.2, 0.25) is 0 Å². The van der Waals surface area contributed by atoms with E-state index in [0.29, 0.717) is 6.42 Å². The second-order valence-corrected chi connectivity index (χ2v) is 8.14. The number of amides is 1. The fourth-order valence-electron chi connectivity index (χ4n) is 4.44. The molecule has 1 amide bonds. The zero-order chi connectivity index (χ0) is 19.4. The number of piperidine rings is 1. The Balaban J connectivity index is 1.40. The molecular formula is C24H29NO3. The van der Waals surface area contributed by atoms with Crippen LogP contribution in [0.3, 0.4) is 0 Å². The molecule has 4 nitrogen and oxygen atoms in total. The van der Waals surface area contributed by atoms with Crippen molar-refractivity contribution in [2.24, 2.45) is 0 Å². The van der Waals surface area contributed by atoms with Crippen molar-refractivity contribution in [2.75, 3.05) is 19.7 Å². The molecule has 0 saturated carbocycles. The molecule has 3 heterocycles. The summed E-state index contributed by atoms with van der Waals surface area (Å²) in [4.78, 5) is 15.1. The summed E-state index contributed by atoms with van der Waals surface area (Å²) in [6.45, 7) is 4.50. The van der Waals surface area contributed by atoms with Crippen molar-refractivity contribution < 1.29 is 13.9 Å². The Hall–Kier alpha value is -2.33. The number of hydrogen-bond donors (Lipinski definition) is 0. The lowest BCUT2D eigenvalue weighted by Gasteiger charge is -2.42. The van der Waals surface area contributed by atoms with Crippen molar-refractivity contribution in [3.8, 4) is 0 Å². The van der Waals surface area contributed by atoms with Crippen LogP contribution in [0.4, 0.5) is 0 Å². The third-order valence-corrected chi connectivity index (χ3v) is 6.05. The molecule has 1 aromatic heterocycles. The molecule has 148 valence electrons. The zero-order valence-electron chi connectivity index (χ0n) is 16.6. The first kappa shape index (κ1) is 19.0. The molecule has 2 aromatic rings. The Morgan fingerprint density at radius 3 is 2.61 bits per heavy atom. The topological polar surface area (TPSA) is 42.7 Å². The van der Waals surface area contributed by atoms with E-state index in [1.54, 1.807) is 6.26 Å². The maximum atomic E-state index is 13.1.